The molecule has 0 bridgehead atoms. The number of hydrogen-bond donors (Lipinski definition) is 0. The van der Waals surface area contributed by atoms with Crippen molar-refractivity contribution >= 4 is 38.6 Å². The van der Waals surface area contributed by atoms with E-state index in [0.717, 1.165) is 53.9 Å². The van der Waals surface area contributed by atoms with Crippen molar-refractivity contribution in [1.29, 1.82) is 0 Å². The minimum absolute atomic E-state index is 0.0993. The number of halogens is 2. The predicted molar refractivity (Wildman–Crippen MR) is 87.4 cm³/mol. The van der Waals surface area contributed by atoms with Gasteiger partial charge in [-0.1, -0.05) is 22.9 Å². The van der Waals surface area contributed by atoms with Gasteiger partial charge in [0.2, 0.25) is 0 Å². The summed E-state index contributed by atoms with van der Waals surface area (Å²) in [5.41, 5.74) is 2.11. The third kappa shape index (κ3) is 3.74. The van der Waals surface area contributed by atoms with E-state index in [4.69, 9.17) is 16.3 Å². The van der Waals surface area contributed by atoms with E-state index in [2.05, 4.69) is 38.5 Å². The summed E-state index contributed by atoms with van der Waals surface area (Å²) in [4.78, 5) is 4.64. The van der Waals surface area contributed by atoms with Gasteiger partial charge in [0.1, 0.15) is 5.82 Å². The Hall–Kier alpha value is -0.580. The average Bonchev–Trinajstić information content (AvgIpc) is 2.77. The van der Waals surface area contributed by atoms with Crippen molar-refractivity contribution in [2.75, 3.05) is 13.2 Å². The van der Waals surface area contributed by atoms with Gasteiger partial charge >= 0.3 is 0 Å². The lowest BCUT2D eigenvalue weighted by molar-refractivity contribution is 0.129. The minimum Gasteiger partial charge on any atom is -0.381 e. The zero-order chi connectivity index (χ0) is 14.5. The van der Waals surface area contributed by atoms with E-state index in [0.29, 0.717) is 0 Å². The Morgan fingerprint density at radius 3 is 2.90 bits per heavy atom. The van der Waals surface area contributed by atoms with Crippen LogP contribution in [0.3, 0.4) is 0 Å². The SMILES string of the molecule is CCCOCCCn1c(C(C)Cl)nc2ccc(Br)cc21. The summed E-state index contributed by atoms with van der Waals surface area (Å²) in [6, 6.07) is 6.12. The molecule has 5 heteroatoms. The number of imidazole rings is 1. The Bertz CT molecular complexity index is 568. The quantitative estimate of drug-likeness (QED) is 0.518. The van der Waals surface area contributed by atoms with Crippen molar-refractivity contribution in [3.05, 3.63) is 28.5 Å². The lowest BCUT2D eigenvalue weighted by Gasteiger charge is -2.10. The highest BCUT2D eigenvalue weighted by atomic mass is 79.9. The van der Waals surface area contributed by atoms with Crippen LogP contribution in [0.15, 0.2) is 22.7 Å². The van der Waals surface area contributed by atoms with Gasteiger partial charge in [-0.2, -0.15) is 0 Å². The second-order valence-electron chi connectivity index (χ2n) is 4.84. The van der Waals surface area contributed by atoms with Crippen LogP contribution in [0.5, 0.6) is 0 Å². The molecule has 0 saturated carbocycles. The number of ether oxygens (including phenoxy) is 1. The van der Waals surface area contributed by atoms with Crippen molar-refractivity contribution in [2.24, 2.45) is 0 Å². The van der Waals surface area contributed by atoms with E-state index in [1.54, 1.807) is 0 Å². The summed E-state index contributed by atoms with van der Waals surface area (Å²) in [5, 5.41) is -0.0993. The van der Waals surface area contributed by atoms with Crippen molar-refractivity contribution in [2.45, 2.75) is 38.6 Å². The van der Waals surface area contributed by atoms with Crippen LogP contribution >= 0.6 is 27.5 Å². The molecule has 1 aromatic carbocycles. The molecule has 0 spiro atoms. The van der Waals surface area contributed by atoms with Gasteiger partial charge in [0.15, 0.2) is 0 Å². The Balaban J connectivity index is 2.19. The van der Waals surface area contributed by atoms with Gasteiger partial charge in [0.25, 0.3) is 0 Å². The number of alkyl halides is 1. The summed E-state index contributed by atoms with van der Waals surface area (Å²) < 4.78 is 8.80. The first kappa shape index (κ1) is 15.8. The van der Waals surface area contributed by atoms with Crippen molar-refractivity contribution in [1.82, 2.24) is 9.55 Å². The summed E-state index contributed by atoms with van der Waals surface area (Å²) in [6.45, 7) is 6.56. The molecule has 20 heavy (non-hydrogen) atoms. The third-order valence-corrected chi connectivity index (χ3v) is 3.80. The molecule has 1 heterocycles. The molecule has 0 fully saturated rings. The summed E-state index contributed by atoms with van der Waals surface area (Å²) in [5.74, 6) is 0.926. The van der Waals surface area contributed by atoms with Gasteiger partial charge < -0.3 is 9.30 Å². The fraction of sp³-hybridized carbons (Fsp3) is 0.533. The highest BCUT2D eigenvalue weighted by Crippen LogP contribution is 2.27. The second kappa shape index (κ2) is 7.43. The standard InChI is InChI=1S/C15H20BrClN2O/c1-3-8-20-9-4-7-19-14-10-12(16)5-6-13(14)18-15(19)11(2)17/h5-6,10-11H,3-4,7-9H2,1-2H3. The number of nitrogens with zero attached hydrogens (tertiary/aromatic N) is 2. The first-order valence-corrected chi connectivity index (χ1v) is 8.24. The van der Waals surface area contributed by atoms with E-state index >= 15 is 0 Å². The summed E-state index contributed by atoms with van der Waals surface area (Å²) >= 11 is 9.77. The maximum Gasteiger partial charge on any atom is 0.127 e. The van der Waals surface area contributed by atoms with Crippen molar-refractivity contribution < 1.29 is 4.74 Å². The van der Waals surface area contributed by atoms with Gasteiger partial charge in [0, 0.05) is 24.2 Å². The Kier molecular flexibility index (Phi) is 5.87. The molecule has 1 atom stereocenters. The van der Waals surface area contributed by atoms with Crippen LogP contribution in [0.25, 0.3) is 11.0 Å². The molecule has 3 nitrogen and oxygen atoms in total. The maximum atomic E-state index is 6.26. The van der Waals surface area contributed by atoms with E-state index in [-0.39, 0.29) is 5.38 Å². The van der Waals surface area contributed by atoms with E-state index in [9.17, 15) is 0 Å². The van der Waals surface area contributed by atoms with Crippen LogP contribution in [0.1, 0.15) is 37.9 Å². The van der Waals surface area contributed by atoms with Crippen LogP contribution < -0.4 is 0 Å². The van der Waals surface area contributed by atoms with E-state index in [1.165, 1.54) is 0 Å². The molecule has 0 aliphatic rings. The highest BCUT2D eigenvalue weighted by Gasteiger charge is 2.14. The van der Waals surface area contributed by atoms with Crippen LogP contribution in [-0.4, -0.2) is 22.8 Å². The second-order valence-corrected chi connectivity index (χ2v) is 6.41. The van der Waals surface area contributed by atoms with Gasteiger partial charge in [-0.25, -0.2) is 4.98 Å². The normalized spacial score (nSPS) is 13.0. The first-order valence-electron chi connectivity index (χ1n) is 7.01. The van der Waals surface area contributed by atoms with Crippen molar-refractivity contribution in [3.8, 4) is 0 Å². The fourth-order valence-corrected chi connectivity index (χ4v) is 2.74. The van der Waals surface area contributed by atoms with Gasteiger partial charge in [-0.15, -0.1) is 11.6 Å². The average molecular weight is 360 g/mol. The number of fused-ring (bicyclic) bond motifs is 1. The van der Waals surface area contributed by atoms with Crippen molar-refractivity contribution in [3.63, 3.8) is 0 Å². The lowest BCUT2D eigenvalue weighted by atomic mass is 10.3. The third-order valence-electron chi connectivity index (χ3n) is 3.11. The van der Waals surface area contributed by atoms with E-state index in [1.807, 2.05) is 19.1 Å². The van der Waals surface area contributed by atoms with E-state index < -0.39 is 0 Å². The van der Waals surface area contributed by atoms with Gasteiger partial charge in [-0.3, -0.25) is 0 Å². The predicted octanol–water partition coefficient (Wildman–Crippen LogP) is 4.92. The molecule has 1 unspecified atom stereocenters. The number of benzene rings is 1. The molecule has 1 aromatic heterocycles. The lowest BCUT2D eigenvalue weighted by Crippen LogP contribution is -2.07. The monoisotopic (exact) mass is 358 g/mol. The summed E-state index contributed by atoms with van der Waals surface area (Å²) in [6.07, 6.45) is 2.03. The van der Waals surface area contributed by atoms with Gasteiger partial charge in [0.05, 0.1) is 16.4 Å². The van der Waals surface area contributed by atoms with Crippen LogP contribution in [0, 0.1) is 0 Å². The largest absolute Gasteiger partial charge is 0.381 e. The molecular formula is C15H20BrClN2O. The van der Waals surface area contributed by atoms with Crippen LogP contribution in [-0.2, 0) is 11.3 Å². The number of aromatic nitrogens is 2. The molecule has 2 rings (SSSR count). The fourth-order valence-electron chi connectivity index (χ4n) is 2.22. The van der Waals surface area contributed by atoms with Crippen LogP contribution in [0.4, 0.5) is 0 Å². The summed E-state index contributed by atoms with van der Waals surface area (Å²) in [7, 11) is 0. The zero-order valence-corrected chi connectivity index (χ0v) is 14.2. The molecule has 0 N–H and O–H groups in total. The molecule has 110 valence electrons. The Morgan fingerprint density at radius 1 is 1.40 bits per heavy atom. The molecule has 0 amide bonds. The Morgan fingerprint density at radius 2 is 2.20 bits per heavy atom. The molecule has 2 aromatic rings. The maximum absolute atomic E-state index is 6.26. The molecular weight excluding hydrogens is 340 g/mol. The first-order chi connectivity index (χ1) is 9.63. The number of rotatable bonds is 7. The zero-order valence-electron chi connectivity index (χ0n) is 11.9. The highest BCUT2D eigenvalue weighted by molar-refractivity contribution is 9.10. The number of hydrogen-bond acceptors (Lipinski definition) is 2. The molecule has 0 aliphatic carbocycles. The minimum atomic E-state index is -0.0993. The van der Waals surface area contributed by atoms with Gasteiger partial charge in [-0.05, 0) is 38.0 Å². The smallest absolute Gasteiger partial charge is 0.127 e. The molecule has 0 radical (unpaired) electrons. The Labute approximate surface area is 133 Å². The van der Waals surface area contributed by atoms with Crippen LogP contribution in [0.2, 0.25) is 0 Å². The number of aryl methyl sites for hydroxylation is 1. The molecule has 0 aliphatic heterocycles. The topological polar surface area (TPSA) is 27.1 Å². The molecule has 0 saturated heterocycles.